The van der Waals surface area contributed by atoms with E-state index >= 15 is 0 Å². The summed E-state index contributed by atoms with van der Waals surface area (Å²) in [5.74, 6) is 1.35. The average Bonchev–Trinajstić information content (AvgIpc) is 2.88. The number of halogens is 3. The molecule has 186 valence electrons. The average molecular weight is 515 g/mol. The minimum Gasteiger partial charge on any atom is -0.493 e. The van der Waals surface area contributed by atoms with Gasteiger partial charge < -0.3 is 14.0 Å². The van der Waals surface area contributed by atoms with Crippen molar-refractivity contribution in [1.82, 2.24) is 19.5 Å². The highest BCUT2D eigenvalue weighted by Gasteiger charge is 2.34. The molecule has 0 atom stereocenters. The van der Waals surface area contributed by atoms with Crippen molar-refractivity contribution in [3.05, 3.63) is 94.3 Å². The fourth-order valence-corrected chi connectivity index (χ4v) is 4.16. The molecule has 0 saturated heterocycles. The van der Waals surface area contributed by atoms with Crippen molar-refractivity contribution in [2.75, 3.05) is 14.2 Å². The van der Waals surface area contributed by atoms with Crippen LogP contribution in [0, 0.1) is 0 Å². The molecule has 3 aromatic heterocycles. The van der Waals surface area contributed by atoms with Crippen molar-refractivity contribution in [2.45, 2.75) is 23.6 Å². The Morgan fingerprint density at radius 2 is 1.78 bits per heavy atom. The Labute approximate surface area is 209 Å². The molecule has 0 aliphatic heterocycles. The van der Waals surface area contributed by atoms with E-state index in [0.717, 1.165) is 23.4 Å². The molecular formula is C25H21F3N4O3S. The number of rotatable bonds is 8. The third kappa shape index (κ3) is 6.03. The van der Waals surface area contributed by atoms with Crippen LogP contribution in [-0.2, 0) is 18.5 Å². The van der Waals surface area contributed by atoms with Crippen molar-refractivity contribution in [3.8, 4) is 22.8 Å². The van der Waals surface area contributed by atoms with Gasteiger partial charge in [-0.25, -0.2) is 9.97 Å². The van der Waals surface area contributed by atoms with Gasteiger partial charge in [0.05, 0.1) is 32.2 Å². The summed E-state index contributed by atoms with van der Waals surface area (Å²) >= 11 is 1.05. The van der Waals surface area contributed by atoms with Gasteiger partial charge in [-0.15, -0.1) is 0 Å². The summed E-state index contributed by atoms with van der Waals surface area (Å²) in [6, 6.07) is 14.2. The molecule has 0 radical (unpaired) electrons. The van der Waals surface area contributed by atoms with Crippen molar-refractivity contribution >= 4 is 11.8 Å². The Kier molecular flexibility index (Phi) is 7.58. The highest BCUT2D eigenvalue weighted by atomic mass is 32.2. The zero-order chi connectivity index (χ0) is 25.7. The fraction of sp³-hybridized carbons (Fsp3) is 0.200. The van der Waals surface area contributed by atoms with E-state index in [2.05, 4.69) is 15.0 Å². The minimum atomic E-state index is -4.66. The normalized spacial score (nSPS) is 11.4. The maximum atomic E-state index is 13.6. The van der Waals surface area contributed by atoms with Gasteiger partial charge in [-0.3, -0.25) is 9.78 Å². The second-order valence-corrected chi connectivity index (χ2v) is 8.54. The van der Waals surface area contributed by atoms with Gasteiger partial charge >= 0.3 is 6.18 Å². The Hall–Kier alpha value is -3.86. The number of ether oxygens (including phenoxy) is 2. The lowest BCUT2D eigenvalue weighted by Crippen LogP contribution is -2.19. The predicted octanol–water partition coefficient (Wildman–Crippen LogP) is 5.08. The highest BCUT2D eigenvalue weighted by molar-refractivity contribution is 7.98. The van der Waals surface area contributed by atoms with Crippen LogP contribution in [0.4, 0.5) is 13.2 Å². The highest BCUT2D eigenvalue weighted by Crippen LogP contribution is 2.32. The Bertz CT molecular complexity index is 1410. The first-order chi connectivity index (χ1) is 17.3. The lowest BCUT2D eigenvalue weighted by atomic mass is 10.1. The quantitative estimate of drug-likeness (QED) is 0.240. The van der Waals surface area contributed by atoms with E-state index in [1.807, 2.05) is 0 Å². The molecule has 1 aromatic carbocycles. The number of alkyl halides is 3. The molecule has 0 unspecified atom stereocenters. The molecule has 4 aromatic rings. The van der Waals surface area contributed by atoms with Crippen molar-refractivity contribution < 1.29 is 22.6 Å². The van der Waals surface area contributed by atoms with Gasteiger partial charge in [-0.1, -0.05) is 23.9 Å². The van der Waals surface area contributed by atoms with Crippen LogP contribution < -0.4 is 15.0 Å². The molecule has 0 amide bonds. The summed E-state index contributed by atoms with van der Waals surface area (Å²) in [5, 5.41) is -0.0388. The third-order valence-corrected chi connectivity index (χ3v) is 6.03. The van der Waals surface area contributed by atoms with Crippen LogP contribution in [0.3, 0.4) is 0 Å². The molecular weight excluding hydrogens is 493 g/mol. The lowest BCUT2D eigenvalue weighted by molar-refractivity contribution is -0.141. The summed E-state index contributed by atoms with van der Waals surface area (Å²) < 4.78 is 52.7. The fourth-order valence-electron chi connectivity index (χ4n) is 3.39. The molecule has 36 heavy (non-hydrogen) atoms. The van der Waals surface area contributed by atoms with Gasteiger partial charge in [0.2, 0.25) is 0 Å². The third-order valence-electron chi connectivity index (χ3n) is 5.15. The number of benzene rings is 1. The van der Waals surface area contributed by atoms with Crippen LogP contribution in [-0.4, -0.2) is 33.7 Å². The van der Waals surface area contributed by atoms with E-state index in [1.165, 1.54) is 37.1 Å². The Balaban J connectivity index is 1.67. The molecule has 0 spiro atoms. The number of nitrogens with zero attached hydrogens (tertiary/aromatic N) is 4. The van der Waals surface area contributed by atoms with E-state index < -0.39 is 11.9 Å². The Morgan fingerprint density at radius 1 is 0.972 bits per heavy atom. The first-order valence-electron chi connectivity index (χ1n) is 10.7. The monoisotopic (exact) mass is 514 g/mol. The molecule has 11 heteroatoms. The van der Waals surface area contributed by atoms with Crippen molar-refractivity contribution in [1.29, 1.82) is 0 Å². The summed E-state index contributed by atoms with van der Waals surface area (Å²) in [6.07, 6.45) is -1.57. The molecule has 0 bridgehead atoms. The molecule has 0 fully saturated rings. The van der Waals surface area contributed by atoms with Crippen molar-refractivity contribution in [3.63, 3.8) is 0 Å². The predicted molar refractivity (Wildman–Crippen MR) is 129 cm³/mol. The smallest absolute Gasteiger partial charge is 0.433 e. The van der Waals surface area contributed by atoms with Crippen LogP contribution in [0.5, 0.6) is 11.5 Å². The molecule has 7 nitrogen and oxygen atoms in total. The number of methoxy groups -OCH3 is 2. The second-order valence-electron chi connectivity index (χ2n) is 7.60. The van der Waals surface area contributed by atoms with Gasteiger partial charge in [0, 0.05) is 29.8 Å². The first kappa shape index (κ1) is 25.2. The van der Waals surface area contributed by atoms with Crippen molar-refractivity contribution in [2.24, 2.45) is 0 Å². The standard InChI is InChI=1S/C25H21F3N4O3S/c1-34-20-8-6-16(11-21(20)35-2)13-32-14-17(7-9-23(32)33)19-12-22(25(26,27)28)31-24(30-19)36-15-18-5-3-4-10-29-18/h3-12,14H,13,15H2,1-2H3. The molecule has 0 aliphatic carbocycles. The second kappa shape index (κ2) is 10.8. The topological polar surface area (TPSA) is 79.1 Å². The van der Waals surface area contributed by atoms with Crippen LogP contribution >= 0.6 is 11.8 Å². The van der Waals surface area contributed by atoms with Crippen LogP contribution in [0.1, 0.15) is 17.0 Å². The number of hydrogen-bond acceptors (Lipinski definition) is 7. The van der Waals surface area contributed by atoms with Gasteiger partial charge in [0.15, 0.2) is 16.7 Å². The largest absolute Gasteiger partial charge is 0.493 e. The summed E-state index contributed by atoms with van der Waals surface area (Å²) in [5.41, 5.74) is 0.465. The van der Waals surface area contributed by atoms with E-state index in [0.29, 0.717) is 28.5 Å². The van der Waals surface area contributed by atoms with E-state index in [4.69, 9.17) is 9.47 Å². The molecule has 0 N–H and O–H groups in total. The summed E-state index contributed by atoms with van der Waals surface area (Å²) in [4.78, 5) is 24.7. The van der Waals surface area contributed by atoms with Gasteiger partial charge in [0.1, 0.15) is 5.69 Å². The number of pyridine rings is 2. The van der Waals surface area contributed by atoms with Gasteiger partial charge in [-0.05, 0) is 42.0 Å². The zero-order valence-corrected chi connectivity index (χ0v) is 20.1. The van der Waals surface area contributed by atoms with E-state index in [9.17, 15) is 18.0 Å². The maximum absolute atomic E-state index is 13.6. The SMILES string of the molecule is COc1ccc(Cn2cc(-c3cc(C(F)(F)F)nc(SCc4ccccn4)n3)ccc2=O)cc1OC. The molecule has 3 heterocycles. The Morgan fingerprint density at radius 3 is 2.47 bits per heavy atom. The van der Waals surface area contributed by atoms with E-state index in [1.54, 1.807) is 42.6 Å². The maximum Gasteiger partial charge on any atom is 0.433 e. The molecule has 0 saturated carbocycles. The van der Waals surface area contributed by atoms with Crippen LogP contribution in [0.25, 0.3) is 11.3 Å². The molecule has 0 aliphatic rings. The summed E-state index contributed by atoms with van der Waals surface area (Å²) in [6.45, 7) is 0.172. The number of aromatic nitrogens is 4. The van der Waals surface area contributed by atoms with Crippen LogP contribution in [0.2, 0.25) is 0 Å². The zero-order valence-electron chi connectivity index (χ0n) is 19.3. The lowest BCUT2D eigenvalue weighted by Gasteiger charge is -2.13. The van der Waals surface area contributed by atoms with Gasteiger partial charge in [-0.2, -0.15) is 13.2 Å². The van der Waals surface area contributed by atoms with Gasteiger partial charge in [0.25, 0.3) is 5.56 Å². The first-order valence-corrected chi connectivity index (χ1v) is 11.7. The van der Waals surface area contributed by atoms with E-state index in [-0.39, 0.29) is 23.0 Å². The van der Waals surface area contributed by atoms with Crippen LogP contribution in [0.15, 0.2) is 76.9 Å². The number of thioether (sulfide) groups is 1. The molecule has 4 rings (SSSR count). The number of hydrogen-bond donors (Lipinski definition) is 0. The summed E-state index contributed by atoms with van der Waals surface area (Å²) in [7, 11) is 3.02. The minimum absolute atomic E-state index is 0.0388.